The van der Waals surface area contributed by atoms with Crippen LogP contribution >= 0.6 is 0 Å². The van der Waals surface area contributed by atoms with Crippen LogP contribution in [0.5, 0.6) is 0 Å². The minimum Gasteiger partial charge on any atom is -0.342 e. The van der Waals surface area contributed by atoms with E-state index in [1.807, 2.05) is 9.80 Å². The van der Waals surface area contributed by atoms with Crippen LogP contribution in [0.2, 0.25) is 0 Å². The van der Waals surface area contributed by atoms with Gasteiger partial charge in [0.25, 0.3) is 0 Å². The molecule has 0 N–H and O–H groups in total. The van der Waals surface area contributed by atoms with Gasteiger partial charge >= 0.3 is 0 Å². The number of likely N-dealkylation sites (tertiary alicyclic amines) is 1. The van der Waals surface area contributed by atoms with Gasteiger partial charge in [0.2, 0.25) is 11.8 Å². The van der Waals surface area contributed by atoms with Gasteiger partial charge in [-0.2, -0.15) is 0 Å². The van der Waals surface area contributed by atoms with Crippen LogP contribution < -0.4 is 0 Å². The van der Waals surface area contributed by atoms with Gasteiger partial charge in [-0.05, 0) is 13.5 Å². The number of carbonyl (C=O) groups excluding carboxylic acids is 2. The predicted octanol–water partition coefficient (Wildman–Crippen LogP) is 0.0189. The molecule has 0 spiro atoms. The van der Waals surface area contributed by atoms with E-state index in [0.717, 1.165) is 39.1 Å². The maximum Gasteiger partial charge on any atom is 0.228 e. The molecule has 2 amide bonds. The fourth-order valence-corrected chi connectivity index (χ4v) is 2.71. The molecule has 0 radical (unpaired) electrons. The SMILES string of the molecule is CCCN1C[C@@H](C(=O)N2CCN(C)CC2)CC1=O. The van der Waals surface area contributed by atoms with Crippen molar-refractivity contribution < 1.29 is 9.59 Å². The van der Waals surface area contributed by atoms with Gasteiger partial charge in [-0.3, -0.25) is 9.59 Å². The third kappa shape index (κ3) is 2.83. The van der Waals surface area contributed by atoms with Crippen molar-refractivity contribution in [1.29, 1.82) is 0 Å². The van der Waals surface area contributed by atoms with E-state index in [-0.39, 0.29) is 17.7 Å². The number of likely N-dealkylation sites (N-methyl/N-ethyl adjacent to an activating group) is 1. The van der Waals surface area contributed by atoms with Crippen molar-refractivity contribution in [3.05, 3.63) is 0 Å². The van der Waals surface area contributed by atoms with Gasteiger partial charge in [-0.1, -0.05) is 6.92 Å². The molecule has 5 nitrogen and oxygen atoms in total. The third-order valence-corrected chi connectivity index (χ3v) is 3.87. The Labute approximate surface area is 109 Å². The molecule has 0 aromatic carbocycles. The molecular formula is C13H23N3O2. The van der Waals surface area contributed by atoms with Crippen LogP contribution in [0.15, 0.2) is 0 Å². The highest BCUT2D eigenvalue weighted by Crippen LogP contribution is 2.20. The second-order valence-corrected chi connectivity index (χ2v) is 5.37. The largest absolute Gasteiger partial charge is 0.342 e. The highest BCUT2D eigenvalue weighted by molar-refractivity contribution is 5.89. The summed E-state index contributed by atoms with van der Waals surface area (Å²) in [6, 6.07) is 0. The van der Waals surface area contributed by atoms with E-state index >= 15 is 0 Å². The van der Waals surface area contributed by atoms with E-state index in [1.54, 1.807) is 0 Å². The summed E-state index contributed by atoms with van der Waals surface area (Å²) in [7, 11) is 2.07. The molecule has 0 bridgehead atoms. The number of nitrogens with zero attached hydrogens (tertiary/aromatic N) is 3. The Morgan fingerprint density at radius 3 is 2.56 bits per heavy atom. The zero-order valence-corrected chi connectivity index (χ0v) is 11.4. The van der Waals surface area contributed by atoms with Crippen molar-refractivity contribution in [2.45, 2.75) is 19.8 Å². The van der Waals surface area contributed by atoms with Crippen LogP contribution in [0.25, 0.3) is 0 Å². The van der Waals surface area contributed by atoms with Gasteiger partial charge in [-0.25, -0.2) is 0 Å². The Kier molecular flexibility index (Phi) is 4.22. The minimum atomic E-state index is -0.104. The predicted molar refractivity (Wildman–Crippen MR) is 69.1 cm³/mol. The highest BCUT2D eigenvalue weighted by atomic mass is 16.2. The number of piperazine rings is 1. The molecule has 2 rings (SSSR count). The first-order valence-corrected chi connectivity index (χ1v) is 6.87. The molecule has 102 valence electrons. The number of carbonyl (C=O) groups is 2. The Bertz CT molecular complexity index is 324. The van der Waals surface area contributed by atoms with E-state index < -0.39 is 0 Å². The summed E-state index contributed by atoms with van der Waals surface area (Å²) < 4.78 is 0. The van der Waals surface area contributed by atoms with Crippen molar-refractivity contribution in [2.75, 3.05) is 46.3 Å². The number of hydrogen-bond donors (Lipinski definition) is 0. The monoisotopic (exact) mass is 253 g/mol. The first-order chi connectivity index (χ1) is 8.61. The number of hydrogen-bond acceptors (Lipinski definition) is 3. The average Bonchev–Trinajstić information content (AvgIpc) is 2.72. The fourth-order valence-electron chi connectivity index (χ4n) is 2.71. The van der Waals surface area contributed by atoms with Crippen molar-refractivity contribution in [3.63, 3.8) is 0 Å². The topological polar surface area (TPSA) is 43.9 Å². The van der Waals surface area contributed by atoms with Crippen LogP contribution in [0.3, 0.4) is 0 Å². The van der Waals surface area contributed by atoms with E-state index in [4.69, 9.17) is 0 Å². The lowest BCUT2D eigenvalue weighted by atomic mass is 10.1. The summed E-state index contributed by atoms with van der Waals surface area (Å²) in [6.07, 6.45) is 1.37. The molecule has 0 unspecified atom stereocenters. The van der Waals surface area contributed by atoms with E-state index in [9.17, 15) is 9.59 Å². The molecule has 5 heteroatoms. The molecule has 18 heavy (non-hydrogen) atoms. The summed E-state index contributed by atoms with van der Waals surface area (Å²) in [6.45, 7) is 6.93. The number of amides is 2. The van der Waals surface area contributed by atoms with Gasteiger partial charge in [0.05, 0.1) is 5.92 Å². The molecule has 0 aromatic heterocycles. The Balaban J connectivity index is 1.88. The normalized spacial score (nSPS) is 25.9. The Morgan fingerprint density at radius 2 is 1.94 bits per heavy atom. The lowest BCUT2D eigenvalue weighted by Gasteiger charge is -2.33. The van der Waals surface area contributed by atoms with Crippen molar-refractivity contribution in [1.82, 2.24) is 14.7 Å². The molecule has 2 heterocycles. The zero-order chi connectivity index (χ0) is 13.1. The van der Waals surface area contributed by atoms with Crippen molar-refractivity contribution in [3.8, 4) is 0 Å². The van der Waals surface area contributed by atoms with Crippen LogP contribution in [-0.4, -0.2) is 72.8 Å². The van der Waals surface area contributed by atoms with Crippen molar-refractivity contribution >= 4 is 11.8 Å². The molecule has 2 fully saturated rings. The van der Waals surface area contributed by atoms with Gasteiger partial charge in [0.1, 0.15) is 0 Å². The lowest BCUT2D eigenvalue weighted by Crippen LogP contribution is -2.49. The Hall–Kier alpha value is -1.10. The highest BCUT2D eigenvalue weighted by Gasteiger charge is 2.36. The minimum absolute atomic E-state index is 0.104. The maximum atomic E-state index is 12.3. The first-order valence-electron chi connectivity index (χ1n) is 6.87. The van der Waals surface area contributed by atoms with Gasteiger partial charge < -0.3 is 14.7 Å². The molecule has 0 saturated carbocycles. The molecule has 2 aliphatic rings. The molecule has 2 saturated heterocycles. The second kappa shape index (κ2) is 5.69. The van der Waals surface area contributed by atoms with E-state index in [0.29, 0.717) is 13.0 Å². The van der Waals surface area contributed by atoms with Gasteiger partial charge in [-0.15, -0.1) is 0 Å². The molecule has 0 aromatic rings. The summed E-state index contributed by atoms with van der Waals surface area (Å²) in [5, 5.41) is 0. The smallest absolute Gasteiger partial charge is 0.228 e. The first kappa shape index (κ1) is 13.3. The van der Waals surface area contributed by atoms with Crippen molar-refractivity contribution in [2.24, 2.45) is 5.92 Å². The van der Waals surface area contributed by atoms with Crippen LogP contribution in [0.4, 0.5) is 0 Å². The zero-order valence-electron chi connectivity index (χ0n) is 11.4. The van der Waals surface area contributed by atoms with E-state index in [1.165, 1.54) is 0 Å². The standard InChI is InChI=1S/C13H23N3O2/c1-3-4-16-10-11(9-12(16)17)13(18)15-7-5-14(2)6-8-15/h11H,3-10H2,1-2H3/t11-/m0/s1. The molecular weight excluding hydrogens is 230 g/mol. The molecule has 2 aliphatic heterocycles. The number of rotatable bonds is 3. The quantitative estimate of drug-likeness (QED) is 0.712. The van der Waals surface area contributed by atoms with E-state index in [2.05, 4.69) is 18.9 Å². The van der Waals surface area contributed by atoms with Gasteiger partial charge in [0, 0.05) is 45.7 Å². The van der Waals surface area contributed by atoms with Crippen LogP contribution in [-0.2, 0) is 9.59 Å². The second-order valence-electron chi connectivity index (χ2n) is 5.37. The summed E-state index contributed by atoms with van der Waals surface area (Å²) >= 11 is 0. The summed E-state index contributed by atoms with van der Waals surface area (Å²) in [5.74, 6) is 0.215. The Morgan fingerprint density at radius 1 is 1.28 bits per heavy atom. The maximum absolute atomic E-state index is 12.3. The third-order valence-electron chi connectivity index (χ3n) is 3.87. The molecule has 1 atom stereocenters. The fraction of sp³-hybridized carbons (Fsp3) is 0.846. The van der Waals surface area contributed by atoms with Crippen LogP contribution in [0.1, 0.15) is 19.8 Å². The summed E-state index contributed by atoms with van der Waals surface area (Å²) in [4.78, 5) is 30.1. The lowest BCUT2D eigenvalue weighted by molar-refractivity contribution is -0.137. The van der Waals surface area contributed by atoms with Crippen LogP contribution in [0, 0.1) is 5.92 Å². The average molecular weight is 253 g/mol. The molecule has 0 aliphatic carbocycles. The summed E-state index contributed by atoms with van der Waals surface area (Å²) in [5.41, 5.74) is 0. The van der Waals surface area contributed by atoms with Gasteiger partial charge in [0.15, 0.2) is 0 Å².